The van der Waals surface area contributed by atoms with E-state index in [-0.39, 0.29) is 23.7 Å². The van der Waals surface area contributed by atoms with Crippen LogP contribution in [0.1, 0.15) is 5.56 Å². The second-order valence-corrected chi connectivity index (χ2v) is 4.76. The van der Waals surface area contributed by atoms with E-state index in [9.17, 15) is 18.0 Å². The molecule has 0 unspecified atom stereocenters. The first-order chi connectivity index (χ1) is 10.9. The van der Waals surface area contributed by atoms with Crippen LogP contribution in [0, 0.1) is 17.5 Å². The van der Waals surface area contributed by atoms with Gasteiger partial charge in [0.1, 0.15) is 11.3 Å². The van der Waals surface area contributed by atoms with Gasteiger partial charge in [0.2, 0.25) is 0 Å². The van der Waals surface area contributed by atoms with Crippen molar-refractivity contribution in [2.24, 2.45) is 0 Å². The molecule has 3 rings (SSSR count). The van der Waals surface area contributed by atoms with E-state index in [0.29, 0.717) is 23.2 Å². The minimum absolute atomic E-state index is 0.127. The molecule has 0 radical (unpaired) electrons. The lowest BCUT2D eigenvalue weighted by Crippen LogP contribution is -1.99. The number of benzene rings is 2. The number of aliphatic carboxylic acids is 1. The molecule has 2 aromatic carbocycles. The Morgan fingerprint density at radius 1 is 1.13 bits per heavy atom. The van der Waals surface area contributed by atoms with Gasteiger partial charge in [-0.3, -0.25) is 4.79 Å². The van der Waals surface area contributed by atoms with Gasteiger partial charge in [0.15, 0.2) is 17.2 Å². The number of rotatable bonds is 4. The molecule has 23 heavy (non-hydrogen) atoms. The van der Waals surface area contributed by atoms with E-state index >= 15 is 0 Å². The van der Waals surface area contributed by atoms with Crippen LogP contribution in [-0.2, 0) is 11.2 Å². The molecule has 0 fully saturated rings. The molecule has 0 bridgehead atoms. The normalized spacial score (nSPS) is 10.9. The fraction of sp³-hybridized carbons (Fsp3) is 0.0667. The quantitative estimate of drug-likeness (QED) is 0.718. The van der Waals surface area contributed by atoms with Crippen LogP contribution in [-0.4, -0.2) is 16.1 Å². The first-order valence-corrected chi connectivity index (χ1v) is 6.45. The van der Waals surface area contributed by atoms with Gasteiger partial charge in [-0.15, -0.1) is 0 Å². The zero-order chi connectivity index (χ0) is 16.6. The highest BCUT2D eigenvalue weighted by Crippen LogP contribution is 2.26. The fourth-order valence-electron chi connectivity index (χ4n) is 2.04. The van der Waals surface area contributed by atoms with E-state index in [0.717, 1.165) is 0 Å². The number of halogens is 3. The number of carboxylic acid groups (broad SMARTS) is 1. The van der Waals surface area contributed by atoms with E-state index in [1.54, 1.807) is 12.1 Å². The topological polar surface area (TPSA) is 75.4 Å². The fourth-order valence-corrected chi connectivity index (χ4v) is 2.04. The van der Waals surface area contributed by atoms with Gasteiger partial charge in [-0.1, -0.05) is 6.07 Å². The first kappa shape index (κ1) is 14.9. The van der Waals surface area contributed by atoms with Crippen LogP contribution in [0.3, 0.4) is 0 Å². The summed E-state index contributed by atoms with van der Waals surface area (Å²) in [6.45, 7) is 0. The Labute approximate surface area is 127 Å². The second-order valence-electron chi connectivity index (χ2n) is 4.76. The summed E-state index contributed by atoms with van der Waals surface area (Å²) >= 11 is 0. The summed E-state index contributed by atoms with van der Waals surface area (Å²) in [6.07, 6.45) is -0.183. The van der Waals surface area contributed by atoms with Crippen LogP contribution in [0.15, 0.2) is 34.7 Å². The SMILES string of the molecule is O=C(O)Cc1ccc2nc(Nc3cc(F)c(F)cc3F)oc2c1. The molecule has 1 heterocycles. The highest BCUT2D eigenvalue weighted by Gasteiger charge is 2.13. The summed E-state index contributed by atoms with van der Waals surface area (Å²) in [5.74, 6) is -4.51. The number of hydrogen-bond acceptors (Lipinski definition) is 4. The lowest BCUT2D eigenvalue weighted by atomic mass is 10.1. The number of fused-ring (bicyclic) bond motifs is 1. The molecule has 0 aliphatic heterocycles. The summed E-state index contributed by atoms with van der Waals surface area (Å²) in [5.41, 5.74) is 0.867. The van der Waals surface area contributed by atoms with E-state index < -0.39 is 23.4 Å². The van der Waals surface area contributed by atoms with E-state index in [2.05, 4.69) is 10.3 Å². The molecule has 1 aromatic heterocycles. The van der Waals surface area contributed by atoms with Crippen molar-refractivity contribution in [3.05, 3.63) is 53.3 Å². The zero-order valence-corrected chi connectivity index (χ0v) is 11.4. The molecule has 0 aliphatic rings. The van der Waals surface area contributed by atoms with Crippen molar-refractivity contribution in [1.29, 1.82) is 0 Å². The standard InChI is InChI=1S/C15H9F3N2O3/c16-8-5-10(18)12(6-9(8)17)20-15-19-11-2-1-7(4-14(21)22)3-13(11)23-15/h1-3,5-6H,4H2,(H,19,20)(H,21,22). The molecule has 0 amide bonds. The molecule has 8 heteroatoms. The van der Waals surface area contributed by atoms with Gasteiger partial charge >= 0.3 is 5.97 Å². The molecule has 0 aliphatic carbocycles. The summed E-state index contributed by atoms with van der Waals surface area (Å²) < 4.78 is 44.9. The maximum Gasteiger partial charge on any atom is 0.307 e. The van der Waals surface area contributed by atoms with Gasteiger partial charge < -0.3 is 14.8 Å². The van der Waals surface area contributed by atoms with E-state index in [1.165, 1.54) is 6.07 Å². The monoisotopic (exact) mass is 322 g/mol. The average Bonchev–Trinajstić information content (AvgIpc) is 2.85. The van der Waals surface area contributed by atoms with Crippen LogP contribution < -0.4 is 5.32 Å². The molecule has 0 saturated heterocycles. The zero-order valence-electron chi connectivity index (χ0n) is 11.4. The van der Waals surface area contributed by atoms with Gasteiger partial charge in [-0.05, 0) is 17.7 Å². The van der Waals surface area contributed by atoms with E-state index in [1.807, 2.05) is 0 Å². The van der Waals surface area contributed by atoms with Crippen molar-refractivity contribution in [3.63, 3.8) is 0 Å². The number of hydrogen-bond donors (Lipinski definition) is 2. The van der Waals surface area contributed by atoms with Crippen molar-refractivity contribution >= 4 is 28.8 Å². The summed E-state index contributed by atoms with van der Waals surface area (Å²) in [6, 6.07) is 5.53. The van der Waals surface area contributed by atoms with Gasteiger partial charge in [0.05, 0.1) is 12.1 Å². The van der Waals surface area contributed by atoms with Crippen LogP contribution in [0.5, 0.6) is 0 Å². The van der Waals surface area contributed by atoms with Crippen molar-refractivity contribution in [2.75, 3.05) is 5.32 Å². The number of carbonyl (C=O) groups is 1. The van der Waals surface area contributed by atoms with Gasteiger partial charge in [-0.2, -0.15) is 4.98 Å². The van der Waals surface area contributed by atoms with Gasteiger partial charge in [-0.25, -0.2) is 13.2 Å². The van der Waals surface area contributed by atoms with Crippen LogP contribution in [0.25, 0.3) is 11.1 Å². The molecule has 0 spiro atoms. The van der Waals surface area contributed by atoms with Crippen LogP contribution in [0.4, 0.5) is 24.9 Å². The molecular weight excluding hydrogens is 313 g/mol. The van der Waals surface area contributed by atoms with Gasteiger partial charge in [0, 0.05) is 12.1 Å². The largest absolute Gasteiger partial charge is 0.481 e. The molecule has 5 nitrogen and oxygen atoms in total. The summed E-state index contributed by atoms with van der Waals surface area (Å²) in [5, 5.41) is 11.2. The number of carboxylic acids is 1. The maximum atomic E-state index is 13.6. The first-order valence-electron chi connectivity index (χ1n) is 6.45. The van der Waals surface area contributed by atoms with Crippen molar-refractivity contribution in [2.45, 2.75) is 6.42 Å². The Hall–Kier alpha value is -3.03. The van der Waals surface area contributed by atoms with E-state index in [4.69, 9.17) is 9.52 Å². The second kappa shape index (κ2) is 5.64. The Balaban J connectivity index is 1.92. The maximum absolute atomic E-state index is 13.6. The predicted octanol–water partition coefficient (Wildman–Crippen LogP) is 3.62. The number of nitrogens with zero attached hydrogens (tertiary/aromatic N) is 1. The minimum Gasteiger partial charge on any atom is -0.481 e. The van der Waals surface area contributed by atoms with Crippen molar-refractivity contribution in [1.82, 2.24) is 4.98 Å². The highest BCUT2D eigenvalue weighted by molar-refractivity contribution is 5.78. The third-order valence-corrected chi connectivity index (χ3v) is 3.06. The molecular formula is C15H9F3N2O3. The average molecular weight is 322 g/mol. The molecule has 0 saturated carbocycles. The third kappa shape index (κ3) is 3.10. The Morgan fingerprint density at radius 2 is 1.87 bits per heavy atom. The molecule has 3 aromatic rings. The number of anilines is 2. The Bertz CT molecular complexity index is 908. The lowest BCUT2D eigenvalue weighted by molar-refractivity contribution is -0.136. The number of nitrogens with one attached hydrogen (secondary N) is 1. The highest BCUT2D eigenvalue weighted by atomic mass is 19.2. The predicted molar refractivity (Wildman–Crippen MR) is 74.9 cm³/mol. The van der Waals surface area contributed by atoms with Crippen molar-refractivity contribution < 1.29 is 27.5 Å². The Kier molecular flexibility index (Phi) is 3.65. The van der Waals surface area contributed by atoms with Crippen LogP contribution >= 0.6 is 0 Å². The molecule has 2 N–H and O–H groups in total. The number of aromatic nitrogens is 1. The van der Waals surface area contributed by atoms with Crippen molar-refractivity contribution in [3.8, 4) is 0 Å². The van der Waals surface area contributed by atoms with Gasteiger partial charge in [0.25, 0.3) is 6.01 Å². The summed E-state index contributed by atoms with van der Waals surface area (Å²) in [7, 11) is 0. The smallest absolute Gasteiger partial charge is 0.307 e. The number of oxazole rings is 1. The Morgan fingerprint density at radius 3 is 2.61 bits per heavy atom. The molecule has 118 valence electrons. The molecule has 0 atom stereocenters. The summed E-state index contributed by atoms with van der Waals surface area (Å²) in [4.78, 5) is 14.7. The third-order valence-electron chi connectivity index (χ3n) is 3.06. The van der Waals surface area contributed by atoms with Crippen LogP contribution in [0.2, 0.25) is 0 Å². The minimum atomic E-state index is -1.30. The lowest BCUT2D eigenvalue weighted by Gasteiger charge is -2.03.